The van der Waals surface area contributed by atoms with Gasteiger partial charge in [0.2, 0.25) is 0 Å². The first kappa shape index (κ1) is 19.3. The second kappa shape index (κ2) is 8.06. The van der Waals surface area contributed by atoms with E-state index in [2.05, 4.69) is 4.98 Å². The van der Waals surface area contributed by atoms with Crippen molar-refractivity contribution in [3.05, 3.63) is 59.4 Å². The highest BCUT2D eigenvalue weighted by Crippen LogP contribution is 2.32. The van der Waals surface area contributed by atoms with Gasteiger partial charge < -0.3 is 4.90 Å². The van der Waals surface area contributed by atoms with Crippen LogP contribution in [0.4, 0.5) is 18.3 Å². The molecule has 0 radical (unpaired) electrons. The minimum Gasteiger partial charge on any atom is -0.340 e. The van der Waals surface area contributed by atoms with Gasteiger partial charge in [0.05, 0.1) is 25.3 Å². The Morgan fingerprint density at radius 2 is 1.81 bits per heavy atom. The Hall–Kier alpha value is -2.45. The SMILES string of the molecule is C[NH+](C)CCCN(C(=O)c1ccc(F)cc1)c1nc2c(F)cc(F)cc2s1. The molecule has 0 saturated carbocycles. The Morgan fingerprint density at radius 1 is 1.11 bits per heavy atom. The van der Waals surface area contributed by atoms with E-state index in [-0.39, 0.29) is 16.6 Å². The van der Waals surface area contributed by atoms with Crippen LogP contribution in [-0.2, 0) is 0 Å². The number of nitrogens with one attached hydrogen (secondary N) is 1. The highest BCUT2D eigenvalue weighted by molar-refractivity contribution is 7.22. The summed E-state index contributed by atoms with van der Waals surface area (Å²) in [5, 5.41) is 0.289. The van der Waals surface area contributed by atoms with Crippen molar-refractivity contribution in [2.24, 2.45) is 0 Å². The zero-order valence-electron chi connectivity index (χ0n) is 14.9. The van der Waals surface area contributed by atoms with Crippen LogP contribution in [0.2, 0.25) is 0 Å². The molecule has 1 aromatic heterocycles. The highest BCUT2D eigenvalue weighted by atomic mass is 32.1. The lowest BCUT2D eigenvalue weighted by molar-refractivity contribution is -0.858. The number of benzene rings is 2. The molecule has 0 aliphatic heterocycles. The number of fused-ring (bicyclic) bond motifs is 1. The molecule has 0 aliphatic rings. The van der Waals surface area contributed by atoms with Crippen LogP contribution in [0.3, 0.4) is 0 Å². The molecular weight excluding hydrogens is 375 g/mol. The van der Waals surface area contributed by atoms with E-state index in [0.29, 0.717) is 23.2 Å². The van der Waals surface area contributed by atoms with Crippen molar-refractivity contribution in [1.82, 2.24) is 4.98 Å². The third-order valence-corrected chi connectivity index (χ3v) is 5.05. The Labute approximate surface area is 158 Å². The molecule has 3 aromatic rings. The number of hydrogen-bond donors (Lipinski definition) is 1. The molecule has 0 aliphatic carbocycles. The molecule has 0 spiro atoms. The molecule has 142 valence electrons. The summed E-state index contributed by atoms with van der Waals surface area (Å²) in [6.07, 6.45) is 0.696. The maximum atomic E-state index is 14.0. The van der Waals surface area contributed by atoms with E-state index in [1.165, 1.54) is 40.1 Å². The normalized spacial score (nSPS) is 11.3. The first-order chi connectivity index (χ1) is 12.8. The number of thiazole rings is 1. The maximum absolute atomic E-state index is 14.0. The number of halogens is 3. The van der Waals surface area contributed by atoms with E-state index in [1.807, 2.05) is 14.1 Å². The van der Waals surface area contributed by atoms with Gasteiger partial charge in [-0.05, 0) is 30.3 Å². The van der Waals surface area contributed by atoms with Crippen molar-refractivity contribution >= 4 is 32.6 Å². The van der Waals surface area contributed by atoms with Gasteiger partial charge in [-0.1, -0.05) is 11.3 Å². The van der Waals surface area contributed by atoms with Crippen LogP contribution in [0.15, 0.2) is 36.4 Å². The van der Waals surface area contributed by atoms with E-state index in [1.54, 1.807) is 0 Å². The summed E-state index contributed by atoms with van der Waals surface area (Å²) in [7, 11) is 4.00. The molecule has 0 saturated heterocycles. The number of amides is 1. The molecule has 1 amide bonds. The average molecular weight is 394 g/mol. The molecule has 1 heterocycles. The molecule has 1 N–H and O–H groups in total. The van der Waals surface area contributed by atoms with Crippen molar-refractivity contribution < 1.29 is 22.9 Å². The summed E-state index contributed by atoms with van der Waals surface area (Å²) in [4.78, 5) is 19.8. The number of nitrogens with zero attached hydrogens (tertiary/aromatic N) is 2. The first-order valence-electron chi connectivity index (χ1n) is 8.47. The molecule has 27 heavy (non-hydrogen) atoms. The fraction of sp³-hybridized carbons (Fsp3) is 0.263. The maximum Gasteiger partial charge on any atom is 0.260 e. The Bertz CT molecular complexity index is 957. The van der Waals surface area contributed by atoms with Gasteiger partial charge in [0.1, 0.15) is 17.2 Å². The predicted octanol–water partition coefficient (Wildman–Crippen LogP) is 2.90. The monoisotopic (exact) mass is 394 g/mol. The summed E-state index contributed by atoms with van der Waals surface area (Å²) < 4.78 is 41.0. The van der Waals surface area contributed by atoms with E-state index in [4.69, 9.17) is 0 Å². The minimum atomic E-state index is -0.764. The number of quaternary nitrogens is 1. The van der Waals surface area contributed by atoms with Crippen molar-refractivity contribution in [3.8, 4) is 0 Å². The third-order valence-electron chi connectivity index (χ3n) is 4.03. The smallest absolute Gasteiger partial charge is 0.260 e. The highest BCUT2D eigenvalue weighted by Gasteiger charge is 2.22. The lowest BCUT2D eigenvalue weighted by Crippen LogP contribution is -3.05. The average Bonchev–Trinajstić information content (AvgIpc) is 3.02. The zero-order chi connectivity index (χ0) is 19.6. The van der Waals surface area contributed by atoms with E-state index < -0.39 is 17.5 Å². The number of rotatable bonds is 6. The molecule has 0 fully saturated rings. The number of hydrogen-bond acceptors (Lipinski definition) is 3. The van der Waals surface area contributed by atoms with Crippen molar-refractivity contribution in [2.45, 2.75) is 6.42 Å². The fourth-order valence-electron chi connectivity index (χ4n) is 2.68. The summed E-state index contributed by atoms with van der Waals surface area (Å²) in [6, 6.07) is 7.19. The second-order valence-corrected chi connectivity index (χ2v) is 7.51. The summed E-state index contributed by atoms with van der Waals surface area (Å²) in [5.41, 5.74) is 0.339. The topological polar surface area (TPSA) is 37.6 Å². The van der Waals surface area contributed by atoms with Gasteiger partial charge in [-0.2, -0.15) is 0 Å². The molecular formula is C19H19F3N3OS+. The van der Waals surface area contributed by atoms with Crippen LogP contribution >= 0.6 is 11.3 Å². The van der Waals surface area contributed by atoms with Crippen LogP contribution in [0.25, 0.3) is 10.2 Å². The quantitative estimate of drug-likeness (QED) is 0.698. The fourth-order valence-corrected chi connectivity index (χ4v) is 3.71. The standard InChI is InChI=1S/C19H18F3N3OS/c1-24(2)8-3-9-25(18(26)12-4-6-13(20)7-5-12)19-23-17-15(22)10-14(21)11-16(17)27-19/h4-7,10-11H,3,8-9H2,1-2H3/p+1. The summed E-state index contributed by atoms with van der Waals surface area (Å²) >= 11 is 1.05. The van der Waals surface area contributed by atoms with Crippen LogP contribution in [0, 0.1) is 17.5 Å². The molecule has 0 atom stereocenters. The van der Waals surface area contributed by atoms with Crippen molar-refractivity contribution in [1.29, 1.82) is 0 Å². The minimum absolute atomic E-state index is 0.0338. The van der Waals surface area contributed by atoms with E-state index >= 15 is 0 Å². The van der Waals surface area contributed by atoms with Gasteiger partial charge in [0, 0.05) is 24.6 Å². The largest absolute Gasteiger partial charge is 0.340 e. The Balaban J connectivity index is 1.97. The van der Waals surface area contributed by atoms with E-state index in [0.717, 1.165) is 23.9 Å². The van der Waals surface area contributed by atoms with Gasteiger partial charge in [0.15, 0.2) is 10.9 Å². The molecule has 8 heteroatoms. The Morgan fingerprint density at radius 3 is 2.48 bits per heavy atom. The zero-order valence-corrected chi connectivity index (χ0v) is 15.7. The van der Waals surface area contributed by atoms with E-state index in [9.17, 15) is 18.0 Å². The first-order valence-corrected chi connectivity index (χ1v) is 9.29. The molecule has 0 unspecified atom stereocenters. The van der Waals surface area contributed by atoms with Crippen LogP contribution in [-0.4, -0.2) is 38.1 Å². The predicted molar refractivity (Wildman–Crippen MR) is 99.9 cm³/mol. The van der Waals surface area contributed by atoms with Gasteiger partial charge in [0.25, 0.3) is 5.91 Å². The van der Waals surface area contributed by atoms with Crippen LogP contribution in [0.1, 0.15) is 16.8 Å². The van der Waals surface area contributed by atoms with Crippen LogP contribution in [0.5, 0.6) is 0 Å². The molecule has 2 aromatic carbocycles. The summed E-state index contributed by atoms with van der Waals surface area (Å²) in [6.45, 7) is 1.19. The van der Waals surface area contributed by atoms with Gasteiger partial charge in [-0.15, -0.1) is 0 Å². The molecule has 0 bridgehead atoms. The van der Waals surface area contributed by atoms with Gasteiger partial charge in [-0.25, -0.2) is 18.2 Å². The summed E-state index contributed by atoms with van der Waals surface area (Å²) in [5.74, 6) is -2.25. The third kappa shape index (κ3) is 4.45. The second-order valence-electron chi connectivity index (χ2n) is 6.51. The van der Waals surface area contributed by atoms with Gasteiger partial charge >= 0.3 is 0 Å². The van der Waals surface area contributed by atoms with Gasteiger partial charge in [-0.3, -0.25) is 9.69 Å². The number of anilines is 1. The lowest BCUT2D eigenvalue weighted by atomic mass is 10.2. The number of carbonyl (C=O) groups excluding carboxylic acids is 1. The van der Waals surface area contributed by atoms with Crippen molar-refractivity contribution in [2.75, 3.05) is 32.1 Å². The Kier molecular flexibility index (Phi) is 5.76. The number of carbonyl (C=O) groups is 1. The van der Waals surface area contributed by atoms with Crippen molar-refractivity contribution in [3.63, 3.8) is 0 Å². The number of aromatic nitrogens is 1. The van der Waals surface area contributed by atoms with Crippen LogP contribution < -0.4 is 9.80 Å². The lowest BCUT2D eigenvalue weighted by Gasteiger charge is -2.20. The molecule has 4 nitrogen and oxygen atoms in total. The molecule has 3 rings (SSSR count).